The molecule has 130 valence electrons. The summed E-state index contributed by atoms with van der Waals surface area (Å²) >= 11 is 6.10. The number of carbonyl (C=O) groups excluding carboxylic acids is 1. The molecular weight excluding hydrogens is 340 g/mol. The molecule has 0 saturated carbocycles. The molecule has 1 saturated heterocycles. The number of hydrogen-bond donors (Lipinski definition) is 1. The Hall–Kier alpha value is -2.40. The van der Waals surface area contributed by atoms with Gasteiger partial charge in [-0.1, -0.05) is 11.6 Å². The average Bonchev–Trinajstić information content (AvgIpc) is 2.57. The van der Waals surface area contributed by atoms with Gasteiger partial charge in [0.05, 0.1) is 12.6 Å². The van der Waals surface area contributed by atoms with Crippen LogP contribution in [0.1, 0.15) is 31.9 Å². The van der Waals surface area contributed by atoms with Crippen LogP contribution in [0, 0.1) is 0 Å². The van der Waals surface area contributed by atoms with Crippen molar-refractivity contribution in [2.75, 3.05) is 11.5 Å². The van der Waals surface area contributed by atoms with Gasteiger partial charge < -0.3 is 14.8 Å². The predicted octanol–water partition coefficient (Wildman–Crippen LogP) is 4.51. The first-order chi connectivity index (χ1) is 12.0. The van der Waals surface area contributed by atoms with Crippen molar-refractivity contribution >= 4 is 23.3 Å². The smallest absolute Gasteiger partial charge is 0.325 e. The van der Waals surface area contributed by atoms with Crippen molar-refractivity contribution in [2.24, 2.45) is 0 Å². The lowest BCUT2D eigenvalue weighted by molar-refractivity contribution is 0.0379. The number of nitrogens with zero attached hydrogens (tertiary/aromatic N) is 1. The van der Waals surface area contributed by atoms with E-state index in [1.54, 1.807) is 11.0 Å². The van der Waals surface area contributed by atoms with E-state index in [0.29, 0.717) is 18.1 Å². The monoisotopic (exact) mass is 358 g/mol. The zero-order valence-corrected chi connectivity index (χ0v) is 14.8. The van der Waals surface area contributed by atoms with Crippen molar-refractivity contribution in [1.29, 1.82) is 0 Å². The van der Waals surface area contributed by atoms with Gasteiger partial charge in [-0.25, -0.2) is 4.79 Å². The molecule has 0 radical (unpaired) electrons. The summed E-state index contributed by atoms with van der Waals surface area (Å²) in [7, 11) is 0. The van der Waals surface area contributed by atoms with Crippen molar-refractivity contribution < 1.29 is 14.3 Å². The van der Waals surface area contributed by atoms with E-state index in [-0.39, 0.29) is 12.1 Å². The van der Waals surface area contributed by atoms with E-state index in [9.17, 15) is 4.79 Å². The molecule has 25 heavy (non-hydrogen) atoms. The van der Waals surface area contributed by atoms with Gasteiger partial charge in [0.2, 0.25) is 0 Å². The fourth-order valence-corrected chi connectivity index (χ4v) is 3.77. The van der Waals surface area contributed by atoms with Crippen LogP contribution in [0.15, 0.2) is 42.5 Å². The highest BCUT2D eigenvalue weighted by Gasteiger charge is 2.49. The van der Waals surface area contributed by atoms with Crippen LogP contribution >= 0.6 is 11.6 Å². The van der Waals surface area contributed by atoms with Gasteiger partial charge in [-0.3, -0.25) is 4.90 Å². The van der Waals surface area contributed by atoms with Crippen molar-refractivity contribution in [1.82, 2.24) is 5.32 Å². The third-order valence-electron chi connectivity index (χ3n) is 4.64. The minimum Gasteiger partial charge on any atom is -0.494 e. The maximum absolute atomic E-state index is 12.8. The van der Waals surface area contributed by atoms with Crippen molar-refractivity contribution in [2.45, 2.75) is 32.0 Å². The van der Waals surface area contributed by atoms with Crippen LogP contribution in [0.4, 0.5) is 10.5 Å². The number of anilines is 1. The Kier molecular flexibility index (Phi) is 3.76. The number of hydrogen-bond acceptors (Lipinski definition) is 3. The molecule has 2 unspecified atom stereocenters. The van der Waals surface area contributed by atoms with Gasteiger partial charge in [0.15, 0.2) is 5.72 Å². The normalized spacial score (nSPS) is 24.2. The third-order valence-corrected chi connectivity index (χ3v) is 4.87. The Labute approximate surface area is 151 Å². The fraction of sp³-hybridized carbons (Fsp3) is 0.316. The van der Waals surface area contributed by atoms with E-state index in [0.717, 1.165) is 22.7 Å². The van der Waals surface area contributed by atoms with Crippen LogP contribution in [-0.2, 0) is 0 Å². The van der Waals surface area contributed by atoms with E-state index in [1.165, 1.54) is 0 Å². The summed E-state index contributed by atoms with van der Waals surface area (Å²) in [5, 5.41) is 3.70. The maximum atomic E-state index is 12.8. The zero-order valence-electron chi connectivity index (χ0n) is 14.1. The van der Waals surface area contributed by atoms with Crippen LogP contribution < -0.4 is 19.7 Å². The molecule has 0 aliphatic carbocycles. The van der Waals surface area contributed by atoms with E-state index in [4.69, 9.17) is 21.1 Å². The SMILES string of the molecule is CCOc1ccc(N2C(=O)NC3CC2(C)Oc2ccc(Cl)cc23)cc1. The second-order valence-corrected chi connectivity index (χ2v) is 6.86. The molecular formula is C19H19ClN2O3. The standard InChI is InChI=1S/C19H19ClN2O3/c1-3-24-14-7-5-13(6-8-14)22-18(23)21-16-11-19(22,2)25-17-9-4-12(20)10-15(16)17/h4-10,16H,3,11H2,1-2H3,(H,21,23). The summed E-state index contributed by atoms with van der Waals surface area (Å²) in [6.07, 6.45) is 0.638. The van der Waals surface area contributed by atoms with Gasteiger partial charge in [-0.05, 0) is 56.3 Å². The number of amides is 2. The van der Waals surface area contributed by atoms with Gasteiger partial charge >= 0.3 is 6.03 Å². The summed E-state index contributed by atoms with van der Waals surface area (Å²) in [6.45, 7) is 4.48. The van der Waals surface area contributed by atoms with Crippen LogP contribution in [0.2, 0.25) is 5.02 Å². The highest BCUT2D eigenvalue weighted by molar-refractivity contribution is 6.30. The van der Waals surface area contributed by atoms with Crippen molar-refractivity contribution in [3.63, 3.8) is 0 Å². The lowest BCUT2D eigenvalue weighted by Gasteiger charge is -2.50. The Morgan fingerprint density at radius 1 is 1.32 bits per heavy atom. The summed E-state index contributed by atoms with van der Waals surface area (Å²) < 4.78 is 11.7. The van der Waals surface area contributed by atoms with E-state index in [2.05, 4.69) is 5.32 Å². The number of halogens is 1. The maximum Gasteiger partial charge on any atom is 0.325 e. The zero-order chi connectivity index (χ0) is 17.6. The highest BCUT2D eigenvalue weighted by Crippen LogP contribution is 2.46. The highest BCUT2D eigenvalue weighted by atomic mass is 35.5. The molecule has 2 aromatic rings. The predicted molar refractivity (Wildman–Crippen MR) is 96.5 cm³/mol. The minimum atomic E-state index is -0.763. The second kappa shape index (κ2) is 5.85. The summed E-state index contributed by atoms with van der Waals surface area (Å²) in [6, 6.07) is 12.7. The van der Waals surface area contributed by atoms with Crippen LogP contribution in [0.5, 0.6) is 11.5 Å². The molecule has 2 aliphatic heterocycles. The summed E-state index contributed by atoms with van der Waals surface area (Å²) in [5.41, 5.74) is 0.921. The van der Waals surface area contributed by atoms with Gasteiger partial charge in [-0.2, -0.15) is 0 Å². The Morgan fingerprint density at radius 3 is 2.80 bits per heavy atom. The molecule has 2 atom stereocenters. The number of ether oxygens (including phenoxy) is 2. The lowest BCUT2D eigenvalue weighted by atomic mass is 9.90. The summed E-state index contributed by atoms with van der Waals surface area (Å²) in [5.74, 6) is 1.52. The molecule has 5 nitrogen and oxygen atoms in total. The van der Waals surface area contributed by atoms with Crippen molar-refractivity contribution in [3.8, 4) is 11.5 Å². The first-order valence-corrected chi connectivity index (χ1v) is 8.70. The average molecular weight is 359 g/mol. The first kappa shape index (κ1) is 16.1. The van der Waals surface area contributed by atoms with Crippen LogP contribution in [-0.4, -0.2) is 18.4 Å². The molecule has 1 N–H and O–H groups in total. The molecule has 4 rings (SSSR count). The summed E-state index contributed by atoms with van der Waals surface area (Å²) in [4.78, 5) is 14.5. The number of nitrogens with one attached hydrogen (secondary N) is 1. The van der Waals surface area contributed by atoms with E-state index >= 15 is 0 Å². The Morgan fingerprint density at radius 2 is 2.08 bits per heavy atom. The largest absolute Gasteiger partial charge is 0.494 e. The molecule has 1 fully saturated rings. The quantitative estimate of drug-likeness (QED) is 0.878. The number of benzene rings is 2. The number of fused-ring (bicyclic) bond motifs is 4. The molecule has 6 heteroatoms. The second-order valence-electron chi connectivity index (χ2n) is 6.43. The fourth-order valence-electron chi connectivity index (χ4n) is 3.59. The number of carbonyl (C=O) groups is 1. The van der Waals surface area contributed by atoms with Gasteiger partial charge in [0, 0.05) is 22.7 Å². The first-order valence-electron chi connectivity index (χ1n) is 8.32. The van der Waals surface area contributed by atoms with Crippen LogP contribution in [0.25, 0.3) is 0 Å². The van der Waals surface area contributed by atoms with Gasteiger partial charge in [0.25, 0.3) is 0 Å². The van der Waals surface area contributed by atoms with Gasteiger partial charge in [0.1, 0.15) is 11.5 Å². The Balaban J connectivity index is 1.71. The molecule has 2 heterocycles. The lowest BCUT2D eigenvalue weighted by Crippen LogP contribution is -2.65. The molecule has 2 aliphatic rings. The molecule has 0 aromatic heterocycles. The topological polar surface area (TPSA) is 50.8 Å². The van der Waals surface area contributed by atoms with Crippen LogP contribution in [0.3, 0.4) is 0 Å². The van der Waals surface area contributed by atoms with E-state index < -0.39 is 5.72 Å². The molecule has 2 aromatic carbocycles. The van der Waals surface area contributed by atoms with Gasteiger partial charge in [-0.15, -0.1) is 0 Å². The van der Waals surface area contributed by atoms with Crippen molar-refractivity contribution in [3.05, 3.63) is 53.1 Å². The Bertz CT molecular complexity index is 824. The van der Waals surface area contributed by atoms with E-state index in [1.807, 2.05) is 50.2 Å². The minimum absolute atomic E-state index is 0.112. The molecule has 2 bridgehead atoms. The molecule has 0 spiro atoms. The molecule has 2 amide bonds. The third kappa shape index (κ3) is 2.68. The number of urea groups is 1. The number of rotatable bonds is 3.